The van der Waals surface area contributed by atoms with E-state index in [-0.39, 0.29) is 11.9 Å². The lowest BCUT2D eigenvalue weighted by molar-refractivity contribution is -0.150. The number of nitrogens with zero attached hydrogens (tertiary/aromatic N) is 1. The number of aromatic nitrogens is 1. The molecular weight excluding hydrogens is 320 g/mol. The molecule has 1 unspecified atom stereocenters. The minimum absolute atomic E-state index is 0.192. The monoisotopic (exact) mass is 342 g/mol. The van der Waals surface area contributed by atoms with Gasteiger partial charge >= 0.3 is 5.97 Å². The molecule has 0 spiro atoms. The van der Waals surface area contributed by atoms with E-state index in [0.717, 1.165) is 31.2 Å². The van der Waals surface area contributed by atoms with Crippen molar-refractivity contribution in [3.63, 3.8) is 0 Å². The van der Waals surface area contributed by atoms with E-state index in [1.54, 1.807) is 13.0 Å². The topological polar surface area (TPSA) is 81.4 Å². The molecule has 0 aliphatic heterocycles. The highest BCUT2D eigenvalue weighted by Crippen LogP contribution is 2.18. The number of carbonyl (C=O) groups is 2. The molecule has 1 aromatic heterocycles. The van der Waals surface area contributed by atoms with Gasteiger partial charge in [-0.1, -0.05) is 31.4 Å². The fourth-order valence-electron chi connectivity index (χ4n) is 2.93. The molecule has 0 bridgehead atoms. The van der Waals surface area contributed by atoms with Crippen molar-refractivity contribution in [2.45, 2.75) is 51.2 Å². The number of hydrogen-bond donors (Lipinski definition) is 1. The van der Waals surface area contributed by atoms with Crippen LogP contribution in [0.15, 0.2) is 34.8 Å². The molecule has 0 radical (unpaired) electrons. The van der Waals surface area contributed by atoms with E-state index < -0.39 is 12.1 Å². The molecule has 132 valence electrons. The van der Waals surface area contributed by atoms with E-state index in [9.17, 15) is 9.59 Å². The Kier molecular flexibility index (Phi) is 5.48. The summed E-state index contributed by atoms with van der Waals surface area (Å²) in [7, 11) is 0. The summed E-state index contributed by atoms with van der Waals surface area (Å²) in [6.07, 6.45) is 7.29. The lowest BCUT2D eigenvalue weighted by atomic mass is 9.95. The second-order valence-corrected chi connectivity index (χ2v) is 6.28. The van der Waals surface area contributed by atoms with Crippen LogP contribution in [-0.2, 0) is 14.3 Å². The van der Waals surface area contributed by atoms with Gasteiger partial charge in [0.2, 0.25) is 5.89 Å². The standard InChI is InChI=1S/C19H22N2O4/c1-13(19(23)20-14-7-3-2-4-8-14)24-18(22)12-11-17-21-15-9-5-6-10-16(15)25-17/h5-6,9-14H,2-4,7-8H2,1H3,(H,20,23)/b12-11+. The Morgan fingerprint density at radius 1 is 1.28 bits per heavy atom. The molecule has 3 rings (SSSR count). The average Bonchev–Trinajstić information content (AvgIpc) is 3.04. The summed E-state index contributed by atoms with van der Waals surface area (Å²) in [4.78, 5) is 28.2. The first kappa shape index (κ1) is 17.2. The van der Waals surface area contributed by atoms with Crippen LogP contribution < -0.4 is 5.32 Å². The molecule has 1 fully saturated rings. The first-order valence-corrected chi connectivity index (χ1v) is 8.66. The molecule has 1 saturated carbocycles. The Bertz CT molecular complexity index is 742. The molecule has 2 aromatic rings. The number of fused-ring (bicyclic) bond motifs is 1. The minimum atomic E-state index is -0.831. The molecule has 6 nitrogen and oxygen atoms in total. The maximum atomic E-state index is 12.1. The Hall–Kier alpha value is -2.63. The largest absolute Gasteiger partial charge is 0.449 e. The molecule has 25 heavy (non-hydrogen) atoms. The third-order valence-electron chi connectivity index (χ3n) is 4.29. The van der Waals surface area contributed by atoms with E-state index >= 15 is 0 Å². The number of oxazole rings is 1. The van der Waals surface area contributed by atoms with E-state index in [1.165, 1.54) is 18.6 Å². The van der Waals surface area contributed by atoms with Gasteiger partial charge in [-0.15, -0.1) is 0 Å². The van der Waals surface area contributed by atoms with Gasteiger partial charge in [0.15, 0.2) is 11.7 Å². The number of carbonyl (C=O) groups excluding carboxylic acids is 2. The van der Waals surface area contributed by atoms with Crippen LogP contribution in [0.5, 0.6) is 0 Å². The number of amides is 1. The summed E-state index contributed by atoms with van der Waals surface area (Å²) in [5.74, 6) is -0.540. The molecule has 6 heteroatoms. The molecule has 1 aliphatic carbocycles. The summed E-state index contributed by atoms with van der Waals surface area (Å²) in [5, 5.41) is 2.94. The van der Waals surface area contributed by atoms with Gasteiger partial charge in [-0.25, -0.2) is 9.78 Å². The highest BCUT2D eigenvalue weighted by molar-refractivity contribution is 5.90. The number of nitrogens with one attached hydrogen (secondary N) is 1. The molecular formula is C19H22N2O4. The van der Waals surface area contributed by atoms with Crippen LogP contribution in [0.25, 0.3) is 17.2 Å². The smallest absolute Gasteiger partial charge is 0.331 e. The van der Waals surface area contributed by atoms with Crippen molar-refractivity contribution >= 4 is 29.1 Å². The maximum absolute atomic E-state index is 12.1. The van der Waals surface area contributed by atoms with E-state index in [2.05, 4.69) is 10.3 Å². The van der Waals surface area contributed by atoms with Crippen LogP contribution in [0, 0.1) is 0 Å². The Labute approximate surface area is 146 Å². The summed E-state index contributed by atoms with van der Waals surface area (Å²) in [6, 6.07) is 7.53. The predicted molar refractivity (Wildman–Crippen MR) is 93.6 cm³/mol. The van der Waals surface area contributed by atoms with Gasteiger partial charge < -0.3 is 14.5 Å². The van der Waals surface area contributed by atoms with Crippen molar-refractivity contribution in [1.82, 2.24) is 10.3 Å². The quantitative estimate of drug-likeness (QED) is 0.666. The lowest BCUT2D eigenvalue weighted by Gasteiger charge is -2.24. The highest BCUT2D eigenvalue weighted by atomic mass is 16.5. The zero-order chi connectivity index (χ0) is 17.6. The minimum Gasteiger partial charge on any atom is -0.449 e. The van der Waals surface area contributed by atoms with Gasteiger partial charge in [0.05, 0.1) is 0 Å². The fourth-order valence-corrected chi connectivity index (χ4v) is 2.93. The van der Waals surface area contributed by atoms with E-state index in [0.29, 0.717) is 11.5 Å². The van der Waals surface area contributed by atoms with Crippen molar-refractivity contribution in [3.8, 4) is 0 Å². The van der Waals surface area contributed by atoms with Gasteiger partial charge in [0.1, 0.15) is 5.52 Å². The summed E-state index contributed by atoms with van der Waals surface area (Å²) >= 11 is 0. The first-order chi connectivity index (χ1) is 12.1. The van der Waals surface area contributed by atoms with Gasteiger partial charge in [-0.2, -0.15) is 0 Å². The van der Waals surface area contributed by atoms with Crippen LogP contribution in [0.2, 0.25) is 0 Å². The molecule has 1 amide bonds. The van der Waals surface area contributed by atoms with Crippen LogP contribution >= 0.6 is 0 Å². The molecule has 1 atom stereocenters. The number of para-hydroxylation sites is 2. The van der Waals surface area contributed by atoms with E-state index in [1.807, 2.05) is 18.2 Å². The Morgan fingerprint density at radius 3 is 2.80 bits per heavy atom. The third-order valence-corrected chi connectivity index (χ3v) is 4.29. The Balaban J connectivity index is 1.51. The third kappa shape index (κ3) is 4.68. The van der Waals surface area contributed by atoms with Gasteiger partial charge in [0.25, 0.3) is 5.91 Å². The first-order valence-electron chi connectivity index (χ1n) is 8.66. The predicted octanol–water partition coefficient (Wildman–Crippen LogP) is 3.22. The molecule has 1 N–H and O–H groups in total. The average molecular weight is 342 g/mol. The van der Waals surface area contributed by atoms with Crippen LogP contribution in [0.1, 0.15) is 44.9 Å². The maximum Gasteiger partial charge on any atom is 0.331 e. The van der Waals surface area contributed by atoms with Gasteiger partial charge in [-0.05, 0) is 31.9 Å². The highest BCUT2D eigenvalue weighted by Gasteiger charge is 2.21. The number of hydrogen-bond acceptors (Lipinski definition) is 5. The van der Waals surface area contributed by atoms with E-state index in [4.69, 9.17) is 9.15 Å². The van der Waals surface area contributed by atoms with Crippen LogP contribution in [0.4, 0.5) is 0 Å². The fraction of sp³-hybridized carbons (Fsp3) is 0.421. The van der Waals surface area contributed by atoms with Crippen molar-refractivity contribution < 1.29 is 18.7 Å². The van der Waals surface area contributed by atoms with Crippen molar-refractivity contribution in [2.24, 2.45) is 0 Å². The Morgan fingerprint density at radius 2 is 2.04 bits per heavy atom. The zero-order valence-electron chi connectivity index (χ0n) is 14.2. The van der Waals surface area contributed by atoms with Crippen molar-refractivity contribution in [3.05, 3.63) is 36.2 Å². The van der Waals surface area contributed by atoms with Crippen LogP contribution in [-0.4, -0.2) is 29.0 Å². The lowest BCUT2D eigenvalue weighted by Crippen LogP contribution is -2.42. The number of ether oxygens (including phenoxy) is 1. The van der Waals surface area contributed by atoms with Crippen LogP contribution in [0.3, 0.4) is 0 Å². The number of benzene rings is 1. The second kappa shape index (κ2) is 7.96. The van der Waals surface area contributed by atoms with Gasteiger partial charge in [-0.3, -0.25) is 4.79 Å². The molecule has 1 heterocycles. The summed E-state index contributed by atoms with van der Waals surface area (Å²) < 4.78 is 10.6. The number of esters is 1. The second-order valence-electron chi connectivity index (χ2n) is 6.28. The zero-order valence-corrected chi connectivity index (χ0v) is 14.2. The SMILES string of the molecule is CC(OC(=O)/C=C/c1nc2ccccc2o1)C(=O)NC1CCCCC1. The molecule has 0 saturated heterocycles. The van der Waals surface area contributed by atoms with Crippen molar-refractivity contribution in [2.75, 3.05) is 0 Å². The summed E-state index contributed by atoms with van der Waals surface area (Å²) in [6.45, 7) is 1.57. The van der Waals surface area contributed by atoms with Gasteiger partial charge in [0, 0.05) is 18.2 Å². The molecule has 1 aromatic carbocycles. The summed E-state index contributed by atoms with van der Waals surface area (Å²) in [5.41, 5.74) is 1.37. The number of rotatable bonds is 5. The molecule has 1 aliphatic rings. The normalized spacial score (nSPS) is 16.8. The van der Waals surface area contributed by atoms with Crippen molar-refractivity contribution in [1.29, 1.82) is 0 Å².